The van der Waals surface area contributed by atoms with Gasteiger partial charge in [0.1, 0.15) is 11.5 Å². The standard InChI is InChI=1S/C17H20N2O3/c1-9(16-10(2)19-22-11(16)3)17(21)18-14-8-7-13-12(14)5-4-6-15(13)20/h4-6,9,14,20H,7-8H2,1-3H3,(H,18,21)/t9-,14+/m0/s1. The minimum Gasteiger partial charge on any atom is -0.508 e. The van der Waals surface area contributed by atoms with Gasteiger partial charge in [0.25, 0.3) is 0 Å². The van der Waals surface area contributed by atoms with Crippen molar-refractivity contribution in [2.75, 3.05) is 0 Å². The van der Waals surface area contributed by atoms with Crippen molar-refractivity contribution in [3.63, 3.8) is 0 Å². The summed E-state index contributed by atoms with van der Waals surface area (Å²) in [6, 6.07) is 5.43. The van der Waals surface area contributed by atoms with E-state index in [0.29, 0.717) is 11.5 Å². The Morgan fingerprint density at radius 1 is 1.45 bits per heavy atom. The van der Waals surface area contributed by atoms with Crippen LogP contribution in [0.25, 0.3) is 0 Å². The maximum absolute atomic E-state index is 12.6. The van der Waals surface area contributed by atoms with E-state index in [4.69, 9.17) is 4.52 Å². The molecule has 5 nitrogen and oxygen atoms in total. The monoisotopic (exact) mass is 300 g/mol. The molecule has 1 aromatic heterocycles. The number of hydrogen-bond donors (Lipinski definition) is 2. The Hall–Kier alpha value is -2.30. The van der Waals surface area contributed by atoms with E-state index in [-0.39, 0.29) is 17.9 Å². The summed E-state index contributed by atoms with van der Waals surface area (Å²) in [5, 5.41) is 16.9. The lowest BCUT2D eigenvalue weighted by atomic mass is 9.98. The summed E-state index contributed by atoms with van der Waals surface area (Å²) in [6.07, 6.45) is 1.60. The zero-order valence-electron chi connectivity index (χ0n) is 13.0. The molecule has 22 heavy (non-hydrogen) atoms. The fourth-order valence-electron chi connectivity index (χ4n) is 3.32. The van der Waals surface area contributed by atoms with Crippen molar-refractivity contribution < 1.29 is 14.4 Å². The molecular formula is C17H20N2O3. The number of nitrogens with zero attached hydrogens (tertiary/aromatic N) is 1. The number of rotatable bonds is 3. The van der Waals surface area contributed by atoms with Crippen LogP contribution in [0.4, 0.5) is 0 Å². The number of amides is 1. The Bertz CT molecular complexity index is 701. The molecule has 1 aliphatic carbocycles. The maximum Gasteiger partial charge on any atom is 0.227 e. The molecule has 2 N–H and O–H groups in total. The molecule has 1 aromatic carbocycles. The molecule has 0 unspecified atom stereocenters. The molecule has 5 heteroatoms. The first kappa shape index (κ1) is 14.6. The lowest BCUT2D eigenvalue weighted by Gasteiger charge is -2.18. The Balaban J connectivity index is 1.78. The molecule has 2 aromatic rings. The van der Waals surface area contributed by atoms with Gasteiger partial charge in [0.05, 0.1) is 17.7 Å². The van der Waals surface area contributed by atoms with Crippen LogP contribution in [-0.4, -0.2) is 16.2 Å². The smallest absolute Gasteiger partial charge is 0.227 e. The second-order valence-electron chi connectivity index (χ2n) is 5.90. The van der Waals surface area contributed by atoms with Gasteiger partial charge in [0, 0.05) is 5.56 Å². The summed E-state index contributed by atoms with van der Waals surface area (Å²) < 4.78 is 5.15. The third-order valence-electron chi connectivity index (χ3n) is 4.48. The van der Waals surface area contributed by atoms with Crippen molar-refractivity contribution in [1.29, 1.82) is 0 Å². The Morgan fingerprint density at radius 3 is 2.91 bits per heavy atom. The summed E-state index contributed by atoms with van der Waals surface area (Å²) in [5.74, 6) is 0.640. The van der Waals surface area contributed by atoms with E-state index in [1.807, 2.05) is 32.9 Å². The van der Waals surface area contributed by atoms with Gasteiger partial charge in [-0.3, -0.25) is 4.79 Å². The van der Waals surface area contributed by atoms with E-state index < -0.39 is 0 Å². The molecule has 0 spiro atoms. The summed E-state index contributed by atoms with van der Waals surface area (Å²) in [7, 11) is 0. The molecular weight excluding hydrogens is 280 g/mol. The van der Waals surface area contributed by atoms with E-state index in [1.54, 1.807) is 6.07 Å². The summed E-state index contributed by atoms with van der Waals surface area (Å²) in [4.78, 5) is 12.6. The van der Waals surface area contributed by atoms with Crippen molar-refractivity contribution in [3.05, 3.63) is 46.3 Å². The minimum absolute atomic E-state index is 0.0440. The van der Waals surface area contributed by atoms with Crippen LogP contribution in [0.2, 0.25) is 0 Å². The highest BCUT2D eigenvalue weighted by atomic mass is 16.5. The summed E-state index contributed by atoms with van der Waals surface area (Å²) in [5.41, 5.74) is 3.56. The van der Waals surface area contributed by atoms with Gasteiger partial charge in [-0.05, 0) is 50.8 Å². The van der Waals surface area contributed by atoms with E-state index >= 15 is 0 Å². The van der Waals surface area contributed by atoms with Gasteiger partial charge in [-0.25, -0.2) is 0 Å². The zero-order chi connectivity index (χ0) is 15.9. The third kappa shape index (κ3) is 2.36. The number of carbonyl (C=O) groups is 1. The number of hydrogen-bond acceptors (Lipinski definition) is 4. The van der Waals surface area contributed by atoms with Gasteiger partial charge >= 0.3 is 0 Å². The van der Waals surface area contributed by atoms with Crippen LogP contribution in [0.5, 0.6) is 5.75 Å². The zero-order valence-corrected chi connectivity index (χ0v) is 13.0. The molecule has 0 bridgehead atoms. The van der Waals surface area contributed by atoms with Crippen molar-refractivity contribution in [2.24, 2.45) is 0 Å². The van der Waals surface area contributed by atoms with Crippen LogP contribution < -0.4 is 5.32 Å². The molecule has 0 aliphatic heterocycles. The van der Waals surface area contributed by atoms with Gasteiger partial charge in [-0.15, -0.1) is 0 Å². The Labute approximate surface area is 129 Å². The van der Waals surface area contributed by atoms with Crippen LogP contribution in [-0.2, 0) is 11.2 Å². The Morgan fingerprint density at radius 2 is 2.23 bits per heavy atom. The van der Waals surface area contributed by atoms with Gasteiger partial charge in [-0.2, -0.15) is 0 Å². The van der Waals surface area contributed by atoms with Crippen LogP contribution in [0.1, 0.15) is 53.4 Å². The largest absolute Gasteiger partial charge is 0.508 e. The van der Waals surface area contributed by atoms with Crippen molar-refractivity contribution >= 4 is 5.91 Å². The number of aryl methyl sites for hydroxylation is 2. The van der Waals surface area contributed by atoms with Gasteiger partial charge in [0.15, 0.2) is 0 Å². The van der Waals surface area contributed by atoms with Crippen molar-refractivity contribution in [1.82, 2.24) is 10.5 Å². The molecule has 2 atom stereocenters. The number of aromatic hydroxyl groups is 1. The molecule has 1 heterocycles. The highest BCUT2D eigenvalue weighted by Crippen LogP contribution is 2.36. The number of carbonyl (C=O) groups excluding carboxylic acids is 1. The molecule has 3 rings (SSSR count). The quantitative estimate of drug-likeness (QED) is 0.914. The first-order valence-corrected chi connectivity index (χ1v) is 7.53. The lowest BCUT2D eigenvalue weighted by Crippen LogP contribution is -2.31. The summed E-state index contributed by atoms with van der Waals surface area (Å²) >= 11 is 0. The van der Waals surface area contributed by atoms with Gasteiger partial charge in [-0.1, -0.05) is 17.3 Å². The highest BCUT2D eigenvalue weighted by molar-refractivity contribution is 5.84. The van der Waals surface area contributed by atoms with Crippen molar-refractivity contribution in [2.45, 2.75) is 45.6 Å². The highest BCUT2D eigenvalue weighted by Gasteiger charge is 2.29. The third-order valence-corrected chi connectivity index (χ3v) is 4.48. The maximum atomic E-state index is 12.6. The van der Waals surface area contributed by atoms with E-state index in [0.717, 1.165) is 35.2 Å². The lowest BCUT2D eigenvalue weighted by molar-refractivity contribution is -0.123. The van der Waals surface area contributed by atoms with Crippen molar-refractivity contribution in [3.8, 4) is 5.75 Å². The molecule has 0 saturated heterocycles. The second kappa shape index (κ2) is 5.48. The summed E-state index contributed by atoms with van der Waals surface area (Å²) in [6.45, 7) is 5.53. The first-order valence-electron chi connectivity index (χ1n) is 7.53. The first-order chi connectivity index (χ1) is 10.5. The molecule has 0 fully saturated rings. The van der Waals surface area contributed by atoms with E-state index in [1.165, 1.54) is 0 Å². The predicted molar refractivity (Wildman–Crippen MR) is 81.7 cm³/mol. The molecule has 116 valence electrons. The fraction of sp³-hybridized carbons (Fsp3) is 0.412. The average molecular weight is 300 g/mol. The van der Waals surface area contributed by atoms with Crippen LogP contribution >= 0.6 is 0 Å². The molecule has 0 radical (unpaired) electrons. The second-order valence-corrected chi connectivity index (χ2v) is 5.90. The number of aromatic nitrogens is 1. The molecule has 1 aliphatic rings. The number of benzene rings is 1. The van der Waals surface area contributed by atoms with Crippen LogP contribution in [0.15, 0.2) is 22.7 Å². The number of fused-ring (bicyclic) bond motifs is 1. The molecule has 1 amide bonds. The minimum atomic E-state index is -0.312. The van der Waals surface area contributed by atoms with E-state index in [2.05, 4.69) is 10.5 Å². The average Bonchev–Trinajstić information content (AvgIpc) is 3.04. The van der Waals surface area contributed by atoms with Crippen LogP contribution in [0, 0.1) is 13.8 Å². The molecule has 0 saturated carbocycles. The Kier molecular flexibility index (Phi) is 3.64. The SMILES string of the molecule is Cc1noc(C)c1[C@H](C)C(=O)N[C@@H]1CCc2c(O)cccc21. The number of nitrogens with one attached hydrogen (secondary N) is 1. The number of phenolic OH excluding ortho intramolecular Hbond substituents is 1. The number of phenols is 1. The normalized spacial score (nSPS) is 18.0. The van der Waals surface area contributed by atoms with E-state index in [9.17, 15) is 9.90 Å². The van der Waals surface area contributed by atoms with Gasteiger partial charge in [0.2, 0.25) is 5.91 Å². The topological polar surface area (TPSA) is 75.4 Å². The predicted octanol–water partition coefficient (Wildman–Crippen LogP) is 2.90. The van der Waals surface area contributed by atoms with Gasteiger partial charge < -0.3 is 14.9 Å². The van der Waals surface area contributed by atoms with Crippen LogP contribution in [0.3, 0.4) is 0 Å². The fourth-order valence-corrected chi connectivity index (χ4v) is 3.32.